The predicted molar refractivity (Wildman–Crippen MR) is 72.4 cm³/mol. The quantitative estimate of drug-likeness (QED) is 0.794. The molecule has 0 spiro atoms. The van der Waals surface area contributed by atoms with E-state index in [4.69, 9.17) is 5.73 Å². The van der Waals surface area contributed by atoms with E-state index in [0.29, 0.717) is 18.9 Å². The summed E-state index contributed by atoms with van der Waals surface area (Å²) in [4.78, 5) is 12.1. The van der Waals surface area contributed by atoms with Crippen molar-refractivity contribution >= 4 is 5.78 Å². The molecule has 0 amide bonds. The first-order chi connectivity index (χ1) is 7.95. The van der Waals surface area contributed by atoms with Crippen LogP contribution < -0.4 is 5.73 Å². The van der Waals surface area contributed by atoms with Gasteiger partial charge >= 0.3 is 0 Å². The van der Waals surface area contributed by atoms with Gasteiger partial charge in [0.1, 0.15) is 0 Å². The molecule has 0 heterocycles. The first-order valence-corrected chi connectivity index (χ1v) is 6.26. The fourth-order valence-electron chi connectivity index (χ4n) is 1.89. The number of carbonyl (C=O) groups excluding carboxylic acids is 1. The SMILES string of the molecule is Cc1cc(C)c(C(=O)CCC(C)CN)cc1C. The number of carbonyl (C=O) groups is 1. The summed E-state index contributed by atoms with van der Waals surface area (Å²) in [7, 11) is 0. The van der Waals surface area contributed by atoms with Gasteiger partial charge in [-0.05, 0) is 62.4 Å². The molecule has 0 bridgehead atoms. The minimum atomic E-state index is 0.242. The van der Waals surface area contributed by atoms with Gasteiger partial charge in [-0.1, -0.05) is 13.0 Å². The van der Waals surface area contributed by atoms with Gasteiger partial charge in [0.05, 0.1) is 0 Å². The molecule has 1 aromatic rings. The molecule has 0 aromatic heterocycles. The molecule has 0 radical (unpaired) electrons. The number of nitrogens with two attached hydrogens (primary N) is 1. The zero-order chi connectivity index (χ0) is 13.0. The molecule has 2 N–H and O–H groups in total. The molecule has 0 aliphatic carbocycles. The first-order valence-electron chi connectivity index (χ1n) is 6.26. The second-order valence-electron chi connectivity index (χ2n) is 5.05. The van der Waals surface area contributed by atoms with E-state index in [0.717, 1.165) is 17.5 Å². The molecule has 0 fully saturated rings. The lowest BCUT2D eigenvalue weighted by Gasteiger charge is -2.11. The van der Waals surface area contributed by atoms with E-state index in [1.54, 1.807) is 0 Å². The van der Waals surface area contributed by atoms with Crippen LogP contribution >= 0.6 is 0 Å². The number of ketones is 1. The van der Waals surface area contributed by atoms with Crippen molar-refractivity contribution in [3.63, 3.8) is 0 Å². The third-order valence-electron chi connectivity index (χ3n) is 3.41. The third-order valence-corrected chi connectivity index (χ3v) is 3.41. The Hall–Kier alpha value is -1.15. The molecule has 0 saturated heterocycles. The van der Waals surface area contributed by atoms with E-state index in [2.05, 4.69) is 19.9 Å². The third kappa shape index (κ3) is 3.67. The van der Waals surface area contributed by atoms with E-state index in [1.807, 2.05) is 19.9 Å². The zero-order valence-corrected chi connectivity index (χ0v) is 11.3. The maximum absolute atomic E-state index is 12.1. The Balaban J connectivity index is 2.79. The number of aryl methyl sites for hydroxylation is 3. The highest BCUT2D eigenvalue weighted by Gasteiger charge is 2.11. The standard InChI is InChI=1S/C15H23NO/c1-10(9-16)5-6-15(17)14-8-12(3)11(2)7-13(14)4/h7-8,10H,5-6,9,16H2,1-4H3. The van der Waals surface area contributed by atoms with Crippen molar-refractivity contribution in [1.29, 1.82) is 0 Å². The summed E-state index contributed by atoms with van der Waals surface area (Å²) in [5.41, 5.74) is 9.94. The number of rotatable bonds is 5. The summed E-state index contributed by atoms with van der Waals surface area (Å²) in [6.07, 6.45) is 1.48. The van der Waals surface area contributed by atoms with E-state index in [-0.39, 0.29) is 5.78 Å². The van der Waals surface area contributed by atoms with Gasteiger partial charge in [-0.2, -0.15) is 0 Å². The van der Waals surface area contributed by atoms with Crippen molar-refractivity contribution < 1.29 is 4.79 Å². The summed E-state index contributed by atoms with van der Waals surface area (Å²) >= 11 is 0. The molecule has 1 aromatic carbocycles. The Morgan fingerprint density at radius 2 is 1.76 bits per heavy atom. The topological polar surface area (TPSA) is 43.1 Å². The highest BCUT2D eigenvalue weighted by atomic mass is 16.1. The lowest BCUT2D eigenvalue weighted by molar-refractivity contribution is 0.0974. The molecule has 0 aliphatic heterocycles. The highest BCUT2D eigenvalue weighted by Crippen LogP contribution is 2.18. The van der Waals surface area contributed by atoms with Crippen LogP contribution in [0, 0.1) is 26.7 Å². The molecule has 0 saturated carbocycles. The van der Waals surface area contributed by atoms with Crippen molar-refractivity contribution in [2.45, 2.75) is 40.5 Å². The van der Waals surface area contributed by atoms with Crippen LogP contribution in [0.25, 0.3) is 0 Å². The van der Waals surface area contributed by atoms with Gasteiger partial charge in [-0.3, -0.25) is 4.79 Å². The molecule has 0 aliphatic rings. The maximum Gasteiger partial charge on any atom is 0.163 e. The minimum Gasteiger partial charge on any atom is -0.330 e. The van der Waals surface area contributed by atoms with Crippen LogP contribution in [0.15, 0.2) is 12.1 Å². The van der Waals surface area contributed by atoms with Crippen molar-refractivity contribution in [1.82, 2.24) is 0 Å². The molecule has 1 atom stereocenters. The van der Waals surface area contributed by atoms with Crippen molar-refractivity contribution in [2.24, 2.45) is 11.7 Å². The Kier molecular flexibility index (Phi) is 4.88. The number of hydrogen-bond donors (Lipinski definition) is 1. The smallest absolute Gasteiger partial charge is 0.163 e. The van der Waals surface area contributed by atoms with E-state index in [9.17, 15) is 4.79 Å². The number of benzene rings is 1. The zero-order valence-electron chi connectivity index (χ0n) is 11.3. The van der Waals surface area contributed by atoms with Crippen LogP contribution in [-0.2, 0) is 0 Å². The summed E-state index contributed by atoms with van der Waals surface area (Å²) in [5, 5.41) is 0. The second kappa shape index (κ2) is 5.97. The molecule has 2 heteroatoms. The molecular formula is C15H23NO. The fourth-order valence-corrected chi connectivity index (χ4v) is 1.89. The van der Waals surface area contributed by atoms with Gasteiger partial charge in [0.15, 0.2) is 5.78 Å². The van der Waals surface area contributed by atoms with Crippen LogP contribution in [-0.4, -0.2) is 12.3 Å². The van der Waals surface area contributed by atoms with Gasteiger partial charge in [-0.15, -0.1) is 0 Å². The van der Waals surface area contributed by atoms with Crippen LogP contribution in [0.2, 0.25) is 0 Å². The Morgan fingerprint density at radius 1 is 1.18 bits per heavy atom. The van der Waals surface area contributed by atoms with Gasteiger partial charge in [0, 0.05) is 12.0 Å². The molecule has 94 valence electrons. The largest absolute Gasteiger partial charge is 0.330 e. The summed E-state index contributed by atoms with van der Waals surface area (Å²) in [5.74, 6) is 0.664. The molecule has 1 rings (SSSR count). The molecular weight excluding hydrogens is 210 g/mol. The lowest BCUT2D eigenvalue weighted by atomic mass is 9.94. The molecule has 2 nitrogen and oxygen atoms in total. The van der Waals surface area contributed by atoms with Crippen LogP contribution in [0.4, 0.5) is 0 Å². The maximum atomic E-state index is 12.1. The predicted octanol–water partition coefficient (Wildman–Crippen LogP) is 3.17. The Bertz CT molecular complexity index is 410. The lowest BCUT2D eigenvalue weighted by Crippen LogP contribution is -2.13. The van der Waals surface area contributed by atoms with E-state index < -0.39 is 0 Å². The average Bonchev–Trinajstić information content (AvgIpc) is 2.30. The highest BCUT2D eigenvalue weighted by molar-refractivity contribution is 5.97. The van der Waals surface area contributed by atoms with Crippen molar-refractivity contribution in [2.75, 3.05) is 6.54 Å². The molecule has 17 heavy (non-hydrogen) atoms. The fraction of sp³-hybridized carbons (Fsp3) is 0.533. The summed E-state index contributed by atoms with van der Waals surface area (Å²) in [6.45, 7) is 8.87. The van der Waals surface area contributed by atoms with E-state index >= 15 is 0 Å². The summed E-state index contributed by atoms with van der Waals surface area (Å²) < 4.78 is 0. The molecule has 1 unspecified atom stereocenters. The Morgan fingerprint density at radius 3 is 2.35 bits per heavy atom. The second-order valence-corrected chi connectivity index (χ2v) is 5.05. The monoisotopic (exact) mass is 233 g/mol. The van der Waals surface area contributed by atoms with Crippen molar-refractivity contribution in [3.8, 4) is 0 Å². The van der Waals surface area contributed by atoms with Crippen molar-refractivity contribution in [3.05, 3.63) is 34.4 Å². The summed E-state index contributed by atoms with van der Waals surface area (Å²) in [6, 6.07) is 4.11. The normalized spacial score (nSPS) is 12.5. The first kappa shape index (κ1) is 13.9. The van der Waals surface area contributed by atoms with Gasteiger partial charge in [-0.25, -0.2) is 0 Å². The van der Waals surface area contributed by atoms with Gasteiger partial charge in [0.2, 0.25) is 0 Å². The van der Waals surface area contributed by atoms with Crippen LogP contribution in [0.1, 0.15) is 46.8 Å². The van der Waals surface area contributed by atoms with Gasteiger partial charge < -0.3 is 5.73 Å². The van der Waals surface area contributed by atoms with Crippen LogP contribution in [0.5, 0.6) is 0 Å². The average molecular weight is 233 g/mol. The van der Waals surface area contributed by atoms with Crippen LogP contribution in [0.3, 0.4) is 0 Å². The Labute approximate surface area is 104 Å². The van der Waals surface area contributed by atoms with Gasteiger partial charge in [0.25, 0.3) is 0 Å². The number of hydrogen-bond acceptors (Lipinski definition) is 2. The number of Topliss-reactive ketones (excluding diaryl/α,β-unsaturated/α-hetero) is 1. The van der Waals surface area contributed by atoms with E-state index in [1.165, 1.54) is 11.1 Å². The minimum absolute atomic E-state index is 0.242.